The highest BCUT2D eigenvalue weighted by molar-refractivity contribution is 6.02. The van der Waals surface area contributed by atoms with Gasteiger partial charge in [0.05, 0.1) is 28.5 Å². The number of aliphatic hydroxyl groups is 1. The van der Waals surface area contributed by atoms with Crippen LogP contribution < -0.4 is 4.74 Å². The van der Waals surface area contributed by atoms with Crippen molar-refractivity contribution in [2.45, 2.75) is 13.5 Å². The molecule has 0 unspecified atom stereocenters. The van der Waals surface area contributed by atoms with Gasteiger partial charge < -0.3 is 19.3 Å². The van der Waals surface area contributed by atoms with Crippen LogP contribution in [0.4, 0.5) is 10.5 Å². The number of aliphatic hydroxyl groups excluding tert-OH is 1. The largest absolute Gasteiger partial charge is 0.514 e. The molecule has 2 aromatic rings. The smallest absolute Gasteiger partial charge is 0.455 e. The van der Waals surface area contributed by atoms with Crippen LogP contribution in [0.15, 0.2) is 24.3 Å². The number of esters is 1. The molecule has 1 aliphatic rings. The first-order valence-corrected chi connectivity index (χ1v) is 7.83. The predicted molar refractivity (Wildman–Crippen MR) is 89.2 cm³/mol. The molecule has 10 heteroatoms. The summed E-state index contributed by atoms with van der Waals surface area (Å²) >= 11 is 0. The van der Waals surface area contributed by atoms with Gasteiger partial charge >= 0.3 is 12.1 Å². The van der Waals surface area contributed by atoms with E-state index >= 15 is 0 Å². The molecule has 1 aromatic heterocycles. The van der Waals surface area contributed by atoms with Gasteiger partial charge in [0.1, 0.15) is 13.2 Å². The summed E-state index contributed by atoms with van der Waals surface area (Å²) in [4.78, 5) is 38.8. The van der Waals surface area contributed by atoms with Crippen LogP contribution in [0.5, 0.6) is 5.75 Å². The van der Waals surface area contributed by atoms with Crippen LogP contribution in [0.1, 0.15) is 21.7 Å². The number of fused-ring (bicyclic) bond motifs is 1. The first-order valence-electron chi connectivity index (χ1n) is 7.83. The Morgan fingerprint density at radius 1 is 1.41 bits per heavy atom. The third-order valence-corrected chi connectivity index (χ3v) is 3.78. The van der Waals surface area contributed by atoms with E-state index in [1.54, 1.807) is 13.0 Å². The Morgan fingerprint density at radius 3 is 2.89 bits per heavy atom. The van der Waals surface area contributed by atoms with E-state index in [2.05, 4.69) is 9.72 Å². The van der Waals surface area contributed by atoms with Crippen molar-refractivity contribution >= 4 is 17.8 Å². The summed E-state index contributed by atoms with van der Waals surface area (Å²) < 4.78 is 14.9. The third kappa shape index (κ3) is 3.55. The molecule has 2 heterocycles. The predicted octanol–water partition coefficient (Wildman–Crippen LogP) is 2.14. The van der Waals surface area contributed by atoms with Crippen molar-refractivity contribution in [3.05, 3.63) is 51.3 Å². The van der Waals surface area contributed by atoms with Crippen molar-refractivity contribution in [3.63, 3.8) is 0 Å². The van der Waals surface area contributed by atoms with Crippen molar-refractivity contribution in [2.24, 2.45) is 0 Å². The van der Waals surface area contributed by atoms with E-state index in [1.165, 1.54) is 18.2 Å². The Morgan fingerprint density at radius 2 is 2.19 bits per heavy atom. The van der Waals surface area contributed by atoms with Gasteiger partial charge in [-0.1, -0.05) is 12.1 Å². The van der Waals surface area contributed by atoms with Gasteiger partial charge in [-0.15, -0.1) is 0 Å². The molecule has 0 fully saturated rings. The molecule has 0 amide bonds. The lowest BCUT2D eigenvalue weighted by molar-refractivity contribution is -0.384. The SMILES string of the molecule is Cc1nc2c(c(-c3cccc([N+](=O)[O-])c3)c1OC(=O)OCCO)C(=O)OC2. The maximum atomic E-state index is 12.2. The number of pyridine rings is 1. The van der Waals surface area contributed by atoms with E-state index in [4.69, 9.17) is 14.6 Å². The number of ether oxygens (including phenoxy) is 3. The zero-order chi connectivity index (χ0) is 19.6. The number of hydrogen-bond acceptors (Lipinski definition) is 9. The fraction of sp³-hybridized carbons (Fsp3) is 0.235. The van der Waals surface area contributed by atoms with Gasteiger partial charge in [-0.3, -0.25) is 10.1 Å². The standard InChI is InChI=1S/C17H14N2O8/c1-9-15(27-17(22)25-6-5-20)13(14-12(18-9)8-26-16(14)21)10-3-2-4-11(7-10)19(23)24/h2-4,7,20H,5-6,8H2,1H3. The topological polar surface area (TPSA) is 138 Å². The summed E-state index contributed by atoms with van der Waals surface area (Å²) in [6, 6.07) is 5.54. The zero-order valence-electron chi connectivity index (χ0n) is 14.1. The Balaban J connectivity index is 2.18. The summed E-state index contributed by atoms with van der Waals surface area (Å²) in [6.45, 7) is 0.843. The van der Waals surface area contributed by atoms with Gasteiger partial charge in [-0.2, -0.15) is 0 Å². The highest BCUT2D eigenvalue weighted by atomic mass is 16.7. The number of nitro groups is 1. The number of carbonyl (C=O) groups excluding carboxylic acids is 2. The summed E-state index contributed by atoms with van der Waals surface area (Å²) in [7, 11) is 0. The van der Waals surface area contributed by atoms with Crippen LogP contribution in [0.25, 0.3) is 11.1 Å². The minimum absolute atomic E-state index is 0.0494. The molecule has 0 bridgehead atoms. The molecule has 1 N–H and O–H groups in total. The van der Waals surface area contributed by atoms with E-state index in [1.807, 2.05) is 0 Å². The Bertz CT molecular complexity index is 941. The van der Waals surface area contributed by atoms with E-state index in [0.717, 1.165) is 0 Å². The molecule has 140 valence electrons. The van der Waals surface area contributed by atoms with Crippen LogP contribution in [0, 0.1) is 17.0 Å². The minimum Gasteiger partial charge on any atom is -0.455 e. The second kappa shape index (κ2) is 7.38. The summed E-state index contributed by atoms with van der Waals surface area (Å²) in [5, 5.41) is 19.8. The van der Waals surface area contributed by atoms with Crippen LogP contribution in [0.3, 0.4) is 0 Å². The molecule has 0 atom stereocenters. The van der Waals surface area contributed by atoms with Crippen LogP contribution in [-0.2, 0) is 16.1 Å². The number of non-ortho nitro benzene ring substituents is 1. The zero-order valence-corrected chi connectivity index (χ0v) is 14.1. The normalized spacial score (nSPS) is 12.3. The van der Waals surface area contributed by atoms with Gasteiger partial charge in [0.2, 0.25) is 0 Å². The summed E-state index contributed by atoms with van der Waals surface area (Å²) in [6.07, 6.45) is -1.10. The molecular weight excluding hydrogens is 360 g/mol. The highest BCUT2D eigenvalue weighted by Crippen LogP contribution is 2.40. The number of nitro benzene ring substituents is 1. The van der Waals surface area contributed by atoms with Gasteiger partial charge in [-0.25, -0.2) is 14.6 Å². The number of hydrogen-bond donors (Lipinski definition) is 1. The molecule has 1 aliphatic heterocycles. The van der Waals surface area contributed by atoms with Gasteiger partial charge in [-0.05, 0) is 12.5 Å². The second-order valence-corrected chi connectivity index (χ2v) is 5.53. The van der Waals surface area contributed by atoms with Crippen LogP contribution in [-0.4, -0.2) is 40.4 Å². The molecule has 10 nitrogen and oxygen atoms in total. The molecule has 3 rings (SSSR count). The van der Waals surface area contributed by atoms with Crippen molar-refractivity contribution < 1.29 is 33.8 Å². The quantitative estimate of drug-likeness (QED) is 0.474. The van der Waals surface area contributed by atoms with Crippen molar-refractivity contribution in [1.82, 2.24) is 4.98 Å². The van der Waals surface area contributed by atoms with Crippen molar-refractivity contribution in [1.29, 1.82) is 0 Å². The van der Waals surface area contributed by atoms with Gasteiger partial charge in [0, 0.05) is 17.7 Å². The molecule has 0 aliphatic carbocycles. The number of carbonyl (C=O) groups is 2. The lowest BCUT2D eigenvalue weighted by atomic mass is 9.97. The van der Waals surface area contributed by atoms with E-state index in [9.17, 15) is 19.7 Å². The Hall–Kier alpha value is -3.53. The second-order valence-electron chi connectivity index (χ2n) is 5.53. The third-order valence-electron chi connectivity index (χ3n) is 3.78. The fourth-order valence-electron chi connectivity index (χ4n) is 2.70. The molecular formula is C17H14N2O8. The lowest BCUT2D eigenvalue weighted by Gasteiger charge is -2.15. The van der Waals surface area contributed by atoms with Crippen LogP contribution in [0.2, 0.25) is 0 Å². The van der Waals surface area contributed by atoms with E-state index in [-0.39, 0.29) is 53.6 Å². The number of nitrogens with zero attached hydrogens (tertiary/aromatic N) is 2. The summed E-state index contributed by atoms with van der Waals surface area (Å²) in [5.41, 5.74) is 0.936. The van der Waals surface area contributed by atoms with E-state index < -0.39 is 17.0 Å². The van der Waals surface area contributed by atoms with Crippen molar-refractivity contribution in [2.75, 3.05) is 13.2 Å². The maximum absolute atomic E-state index is 12.2. The Labute approximate surface area is 152 Å². The average molecular weight is 374 g/mol. The molecule has 0 saturated heterocycles. The first-order chi connectivity index (χ1) is 12.9. The summed E-state index contributed by atoms with van der Waals surface area (Å²) in [5.74, 6) is -0.747. The monoisotopic (exact) mass is 374 g/mol. The molecule has 0 spiro atoms. The fourth-order valence-corrected chi connectivity index (χ4v) is 2.70. The first kappa shape index (κ1) is 18.3. The average Bonchev–Trinajstić information content (AvgIpc) is 3.01. The van der Waals surface area contributed by atoms with Crippen LogP contribution >= 0.6 is 0 Å². The molecule has 27 heavy (non-hydrogen) atoms. The molecule has 1 aromatic carbocycles. The minimum atomic E-state index is -1.10. The number of cyclic esters (lactones) is 1. The van der Waals surface area contributed by atoms with Gasteiger partial charge in [0.15, 0.2) is 5.75 Å². The Kier molecular flexibility index (Phi) is 4.99. The lowest BCUT2D eigenvalue weighted by Crippen LogP contribution is -2.16. The molecule has 0 saturated carbocycles. The maximum Gasteiger partial charge on any atom is 0.514 e. The molecule has 0 radical (unpaired) electrons. The van der Waals surface area contributed by atoms with Crippen molar-refractivity contribution in [3.8, 4) is 16.9 Å². The number of aromatic nitrogens is 1. The number of rotatable bonds is 5. The highest BCUT2D eigenvalue weighted by Gasteiger charge is 2.32. The number of benzene rings is 1. The van der Waals surface area contributed by atoms with E-state index in [0.29, 0.717) is 5.69 Å². The number of aryl methyl sites for hydroxylation is 1. The van der Waals surface area contributed by atoms with Gasteiger partial charge in [0.25, 0.3) is 5.69 Å².